The van der Waals surface area contributed by atoms with Gasteiger partial charge in [-0.05, 0) is 54.6 Å². The van der Waals surface area contributed by atoms with Gasteiger partial charge in [0.15, 0.2) is 0 Å². The lowest BCUT2D eigenvalue weighted by atomic mass is 10.1. The number of benzene rings is 3. The summed E-state index contributed by atoms with van der Waals surface area (Å²) in [4.78, 5) is 25.5. The van der Waals surface area contributed by atoms with Crippen LogP contribution in [-0.2, 0) is 7.05 Å². The van der Waals surface area contributed by atoms with Gasteiger partial charge in [-0.3, -0.25) is 9.48 Å². The maximum atomic E-state index is 13.2. The van der Waals surface area contributed by atoms with Crippen LogP contribution in [0, 0.1) is 0 Å². The van der Waals surface area contributed by atoms with Crippen molar-refractivity contribution in [3.63, 3.8) is 0 Å². The summed E-state index contributed by atoms with van der Waals surface area (Å²) >= 11 is 5.87. The zero-order valence-electron chi connectivity index (χ0n) is 18.1. The van der Waals surface area contributed by atoms with Crippen LogP contribution in [0.4, 0.5) is 16.2 Å². The van der Waals surface area contributed by atoms with Gasteiger partial charge in [0.25, 0.3) is 5.56 Å². The number of carbonyl (C=O) groups is 1. The zero-order chi connectivity index (χ0) is 23.7. The Morgan fingerprint density at radius 2 is 1.50 bits per heavy atom. The van der Waals surface area contributed by atoms with E-state index >= 15 is 0 Å². The van der Waals surface area contributed by atoms with Crippen molar-refractivity contribution in [1.29, 1.82) is 0 Å². The van der Waals surface area contributed by atoms with Crippen LogP contribution in [0.3, 0.4) is 0 Å². The molecule has 8 nitrogen and oxygen atoms in total. The first-order valence-electron chi connectivity index (χ1n) is 10.4. The molecule has 9 heteroatoms. The fourth-order valence-corrected chi connectivity index (χ4v) is 3.76. The summed E-state index contributed by atoms with van der Waals surface area (Å²) in [6.45, 7) is 0. The Morgan fingerprint density at radius 1 is 0.882 bits per heavy atom. The van der Waals surface area contributed by atoms with Crippen LogP contribution in [0.15, 0.2) is 90.0 Å². The lowest BCUT2D eigenvalue weighted by Crippen LogP contribution is -2.22. The minimum absolute atomic E-state index is 0.232. The number of aryl methyl sites for hydroxylation is 1. The highest BCUT2D eigenvalue weighted by Crippen LogP contribution is 2.25. The first-order valence-corrected chi connectivity index (χ1v) is 10.8. The van der Waals surface area contributed by atoms with E-state index in [1.54, 1.807) is 65.5 Å². The molecule has 5 rings (SSSR count). The zero-order valence-corrected chi connectivity index (χ0v) is 18.8. The number of aromatic nitrogens is 4. The van der Waals surface area contributed by atoms with Crippen LogP contribution < -0.4 is 16.2 Å². The van der Waals surface area contributed by atoms with Crippen molar-refractivity contribution in [3.05, 3.63) is 101 Å². The summed E-state index contributed by atoms with van der Waals surface area (Å²) in [5.41, 5.74) is 3.00. The standard InChI is InChI=1S/C25H19ClN6O2/c1-31-15-16(14-27-31)23-21-4-2-3-5-22(21)24(33)32(30-23)20-12-10-19(11-13-20)29-25(34)28-18-8-6-17(26)7-9-18/h2-15H,1H3,(H2,28,29,34). The molecule has 2 amide bonds. The second-order valence-electron chi connectivity index (χ2n) is 7.65. The van der Waals surface area contributed by atoms with Crippen LogP contribution in [0.5, 0.6) is 0 Å². The lowest BCUT2D eigenvalue weighted by molar-refractivity contribution is 0.262. The molecule has 168 valence electrons. The molecule has 0 spiro atoms. The molecule has 2 aromatic heterocycles. The van der Waals surface area contributed by atoms with Crippen LogP contribution in [0.2, 0.25) is 5.02 Å². The van der Waals surface area contributed by atoms with Crippen molar-refractivity contribution in [2.45, 2.75) is 0 Å². The Bertz CT molecular complexity index is 1560. The number of nitrogens with one attached hydrogen (secondary N) is 2. The van der Waals surface area contributed by atoms with Crippen LogP contribution >= 0.6 is 11.6 Å². The third-order valence-corrected chi connectivity index (χ3v) is 5.51. The molecule has 2 heterocycles. The molecule has 0 unspecified atom stereocenters. The first kappa shape index (κ1) is 21.4. The molecular weight excluding hydrogens is 452 g/mol. The average molecular weight is 471 g/mol. The van der Waals surface area contributed by atoms with E-state index in [9.17, 15) is 9.59 Å². The van der Waals surface area contributed by atoms with Crippen molar-refractivity contribution in [3.8, 4) is 16.9 Å². The Labute approximate surface area is 199 Å². The number of fused-ring (bicyclic) bond motifs is 1. The smallest absolute Gasteiger partial charge is 0.308 e. The van der Waals surface area contributed by atoms with Gasteiger partial charge in [0, 0.05) is 40.6 Å². The second kappa shape index (κ2) is 8.84. The Hall–Kier alpha value is -4.43. The van der Waals surface area contributed by atoms with Gasteiger partial charge in [-0.2, -0.15) is 14.9 Å². The van der Waals surface area contributed by atoms with Gasteiger partial charge in [0.2, 0.25) is 0 Å². The van der Waals surface area contributed by atoms with E-state index in [4.69, 9.17) is 11.6 Å². The van der Waals surface area contributed by atoms with E-state index in [0.717, 1.165) is 10.9 Å². The molecule has 0 saturated heterocycles. The van der Waals surface area contributed by atoms with Gasteiger partial charge in [-0.25, -0.2) is 4.79 Å². The van der Waals surface area contributed by atoms with E-state index in [1.807, 2.05) is 31.4 Å². The summed E-state index contributed by atoms with van der Waals surface area (Å²) in [6.07, 6.45) is 3.58. The molecule has 0 bridgehead atoms. The number of hydrogen-bond donors (Lipinski definition) is 2. The molecule has 0 saturated carbocycles. The van der Waals surface area contributed by atoms with E-state index in [0.29, 0.717) is 33.2 Å². The average Bonchev–Trinajstić information content (AvgIpc) is 3.27. The normalized spacial score (nSPS) is 10.9. The number of anilines is 2. The quantitative estimate of drug-likeness (QED) is 0.383. The van der Waals surface area contributed by atoms with E-state index < -0.39 is 6.03 Å². The molecule has 0 aliphatic carbocycles. The summed E-state index contributed by atoms with van der Waals surface area (Å²) in [5.74, 6) is 0. The SMILES string of the molecule is Cn1cc(-c2nn(-c3ccc(NC(=O)Nc4ccc(Cl)cc4)cc3)c(=O)c3ccccc23)cn1. The molecule has 2 N–H and O–H groups in total. The molecule has 0 aliphatic rings. The Kier molecular flexibility index (Phi) is 5.57. The van der Waals surface area contributed by atoms with Crippen LogP contribution in [0.25, 0.3) is 27.7 Å². The predicted molar refractivity (Wildman–Crippen MR) is 134 cm³/mol. The molecule has 34 heavy (non-hydrogen) atoms. The number of urea groups is 1. The van der Waals surface area contributed by atoms with Gasteiger partial charge >= 0.3 is 6.03 Å². The molecule has 0 fully saturated rings. The topological polar surface area (TPSA) is 93.8 Å². The van der Waals surface area contributed by atoms with E-state index in [-0.39, 0.29) is 5.56 Å². The van der Waals surface area contributed by atoms with Crippen molar-refractivity contribution in [2.24, 2.45) is 7.05 Å². The van der Waals surface area contributed by atoms with E-state index in [1.165, 1.54) is 4.68 Å². The molecule has 0 radical (unpaired) electrons. The van der Waals surface area contributed by atoms with Gasteiger partial charge in [-0.15, -0.1) is 0 Å². The largest absolute Gasteiger partial charge is 0.323 e. The van der Waals surface area contributed by atoms with Gasteiger partial charge < -0.3 is 10.6 Å². The minimum Gasteiger partial charge on any atom is -0.308 e. The maximum absolute atomic E-state index is 13.2. The molecular formula is C25H19ClN6O2. The third-order valence-electron chi connectivity index (χ3n) is 5.26. The monoisotopic (exact) mass is 470 g/mol. The predicted octanol–water partition coefficient (Wildman–Crippen LogP) is 5.08. The number of hydrogen-bond acceptors (Lipinski definition) is 4. The minimum atomic E-state index is -0.394. The van der Waals surface area contributed by atoms with Crippen molar-refractivity contribution < 1.29 is 4.79 Å². The summed E-state index contributed by atoms with van der Waals surface area (Å²) in [6, 6.07) is 20.7. The van der Waals surface area contributed by atoms with Gasteiger partial charge in [0.1, 0.15) is 5.69 Å². The number of rotatable bonds is 4. The lowest BCUT2D eigenvalue weighted by Gasteiger charge is -2.11. The maximum Gasteiger partial charge on any atom is 0.323 e. The molecule has 0 atom stereocenters. The number of carbonyl (C=O) groups excluding carboxylic acids is 1. The fraction of sp³-hybridized carbons (Fsp3) is 0.0400. The van der Waals surface area contributed by atoms with E-state index in [2.05, 4.69) is 20.8 Å². The highest BCUT2D eigenvalue weighted by molar-refractivity contribution is 6.30. The number of nitrogens with zero attached hydrogens (tertiary/aromatic N) is 4. The van der Waals surface area contributed by atoms with Crippen molar-refractivity contribution in [2.75, 3.05) is 10.6 Å². The molecule has 3 aromatic carbocycles. The molecule has 0 aliphatic heterocycles. The van der Waals surface area contributed by atoms with Gasteiger partial charge in [-0.1, -0.05) is 29.8 Å². The Morgan fingerprint density at radius 3 is 2.12 bits per heavy atom. The highest BCUT2D eigenvalue weighted by atomic mass is 35.5. The van der Waals surface area contributed by atoms with Crippen LogP contribution in [-0.4, -0.2) is 25.6 Å². The van der Waals surface area contributed by atoms with Crippen molar-refractivity contribution >= 4 is 39.8 Å². The first-order chi connectivity index (χ1) is 16.5. The second-order valence-corrected chi connectivity index (χ2v) is 8.08. The van der Waals surface area contributed by atoms with Crippen LogP contribution in [0.1, 0.15) is 0 Å². The summed E-state index contributed by atoms with van der Waals surface area (Å²) in [5, 5.41) is 16.3. The number of halogens is 1. The van der Waals surface area contributed by atoms with Gasteiger partial charge in [0.05, 0.1) is 17.3 Å². The van der Waals surface area contributed by atoms with Crippen molar-refractivity contribution in [1.82, 2.24) is 19.6 Å². The summed E-state index contributed by atoms with van der Waals surface area (Å²) in [7, 11) is 1.83. The fourth-order valence-electron chi connectivity index (χ4n) is 3.63. The Balaban J connectivity index is 1.45. The number of amides is 2. The highest BCUT2D eigenvalue weighted by Gasteiger charge is 2.14. The third kappa shape index (κ3) is 4.26. The molecule has 5 aromatic rings. The summed E-state index contributed by atoms with van der Waals surface area (Å²) < 4.78 is 3.05.